The largest absolute Gasteiger partial charge is 0.358 e. The molecule has 24 heavy (non-hydrogen) atoms. The highest BCUT2D eigenvalue weighted by molar-refractivity contribution is 7.54. The van der Waals surface area contributed by atoms with Crippen molar-refractivity contribution in [3.63, 3.8) is 0 Å². The maximum absolute atomic E-state index is 13.4. The molecule has 0 saturated carbocycles. The first-order valence-corrected chi connectivity index (χ1v) is 9.15. The molecule has 0 heterocycles. The fourth-order valence-electron chi connectivity index (χ4n) is 3.10. The van der Waals surface area contributed by atoms with Gasteiger partial charge in [0.05, 0.1) is 0 Å². The molecule has 5 nitrogen and oxygen atoms in total. The van der Waals surface area contributed by atoms with Crippen molar-refractivity contribution in [2.75, 3.05) is 14.1 Å². The van der Waals surface area contributed by atoms with Crippen LogP contribution in [0.5, 0.6) is 0 Å². The average Bonchev–Trinajstić information content (AvgIpc) is 2.48. The highest BCUT2D eigenvalue weighted by atomic mass is 31.2. The fourth-order valence-corrected chi connectivity index (χ4v) is 4.57. The van der Waals surface area contributed by atoms with E-state index < -0.39 is 18.7 Å². The number of benzene rings is 2. The van der Waals surface area contributed by atoms with Crippen LogP contribution in [0.2, 0.25) is 0 Å². The van der Waals surface area contributed by atoms with E-state index in [1.165, 1.54) is 19.0 Å². The van der Waals surface area contributed by atoms with E-state index in [4.69, 9.17) is 0 Å². The van der Waals surface area contributed by atoms with E-state index in [1.807, 2.05) is 0 Å². The van der Waals surface area contributed by atoms with Gasteiger partial charge in [-0.1, -0.05) is 48.5 Å². The first kappa shape index (κ1) is 18.6. The van der Waals surface area contributed by atoms with Gasteiger partial charge in [-0.05, 0) is 44.6 Å². The standard InChI is InChI=1S/C18H22NO4P/c1-13-9-5-7-11-15(13)17(20)18(19(3)4,24(21,22)23)16-12-8-6-10-14(16)2/h5-12H,1-4H3,(H2,21,22,23). The lowest BCUT2D eigenvalue weighted by Crippen LogP contribution is -2.48. The summed E-state index contributed by atoms with van der Waals surface area (Å²) in [6.45, 7) is 3.50. The zero-order chi connectivity index (χ0) is 18.1. The number of hydrogen-bond acceptors (Lipinski definition) is 3. The molecule has 2 N–H and O–H groups in total. The number of Topliss-reactive ketones (excluding diaryl/α,β-unsaturated/α-hetero) is 1. The van der Waals surface area contributed by atoms with Crippen molar-refractivity contribution in [3.05, 3.63) is 70.8 Å². The van der Waals surface area contributed by atoms with E-state index in [0.29, 0.717) is 22.3 Å². The Hall–Kier alpha value is -1.78. The van der Waals surface area contributed by atoms with Crippen molar-refractivity contribution in [3.8, 4) is 0 Å². The lowest BCUT2D eigenvalue weighted by molar-refractivity contribution is 0.0776. The number of carbonyl (C=O) groups excluding carboxylic acids is 1. The predicted octanol–water partition coefficient (Wildman–Crippen LogP) is 3.08. The van der Waals surface area contributed by atoms with E-state index in [2.05, 4.69) is 0 Å². The third-order valence-electron chi connectivity index (χ3n) is 4.30. The molecule has 0 amide bonds. The molecule has 1 atom stereocenters. The first-order chi connectivity index (χ1) is 11.1. The van der Waals surface area contributed by atoms with E-state index in [9.17, 15) is 19.1 Å². The van der Waals surface area contributed by atoms with Gasteiger partial charge in [-0.25, -0.2) is 0 Å². The zero-order valence-electron chi connectivity index (χ0n) is 14.2. The summed E-state index contributed by atoms with van der Waals surface area (Å²) in [7, 11) is -1.85. The molecule has 0 radical (unpaired) electrons. The molecule has 128 valence electrons. The molecule has 0 saturated heterocycles. The van der Waals surface area contributed by atoms with E-state index in [-0.39, 0.29) is 0 Å². The lowest BCUT2D eigenvalue weighted by Gasteiger charge is -2.40. The average molecular weight is 347 g/mol. The Morgan fingerprint density at radius 1 is 0.958 bits per heavy atom. The van der Waals surface area contributed by atoms with Gasteiger partial charge in [-0.3, -0.25) is 14.3 Å². The maximum atomic E-state index is 13.4. The van der Waals surface area contributed by atoms with Gasteiger partial charge in [0.1, 0.15) is 0 Å². The third-order valence-corrected chi connectivity index (χ3v) is 5.98. The molecule has 6 heteroatoms. The lowest BCUT2D eigenvalue weighted by atomic mass is 9.90. The van der Waals surface area contributed by atoms with Gasteiger partial charge >= 0.3 is 7.60 Å². The monoisotopic (exact) mass is 347 g/mol. The van der Waals surface area contributed by atoms with E-state index >= 15 is 0 Å². The van der Waals surface area contributed by atoms with Crippen molar-refractivity contribution in [2.45, 2.75) is 19.1 Å². The number of ketones is 1. The quantitative estimate of drug-likeness (QED) is 0.642. The van der Waals surface area contributed by atoms with Crippen LogP contribution in [-0.2, 0) is 9.85 Å². The molecule has 0 fully saturated rings. The SMILES string of the molecule is Cc1ccccc1C(=O)C(c1ccccc1C)(N(C)C)P(=O)(O)O. The summed E-state index contributed by atoms with van der Waals surface area (Å²) in [5, 5.41) is -2.07. The highest BCUT2D eigenvalue weighted by Gasteiger charge is 2.57. The smallest absolute Gasteiger partial charge is 0.323 e. The van der Waals surface area contributed by atoms with Crippen LogP contribution in [0.15, 0.2) is 48.5 Å². The molecule has 2 rings (SSSR count). The summed E-state index contributed by atoms with van der Waals surface area (Å²) in [6, 6.07) is 13.6. The van der Waals surface area contributed by atoms with Crippen LogP contribution in [0.4, 0.5) is 0 Å². The molecular formula is C18H22NO4P. The van der Waals surface area contributed by atoms with Crippen LogP contribution < -0.4 is 0 Å². The van der Waals surface area contributed by atoms with Crippen LogP contribution in [0.25, 0.3) is 0 Å². The van der Waals surface area contributed by atoms with Crippen LogP contribution in [0.3, 0.4) is 0 Å². The van der Waals surface area contributed by atoms with Crippen molar-refractivity contribution in [1.82, 2.24) is 4.90 Å². The van der Waals surface area contributed by atoms with Gasteiger partial charge in [-0.2, -0.15) is 0 Å². The summed E-state index contributed by atoms with van der Waals surface area (Å²) in [6.07, 6.45) is 0. The second-order valence-electron chi connectivity index (χ2n) is 6.07. The van der Waals surface area contributed by atoms with E-state index in [0.717, 1.165) is 0 Å². The van der Waals surface area contributed by atoms with Crippen LogP contribution >= 0.6 is 7.60 Å². The minimum atomic E-state index is -4.88. The molecule has 0 aliphatic rings. The molecule has 2 aromatic rings. The topological polar surface area (TPSA) is 77.8 Å². The summed E-state index contributed by atoms with van der Waals surface area (Å²) in [5.74, 6) is -0.603. The molecule has 0 aliphatic heterocycles. The van der Waals surface area contributed by atoms with Crippen molar-refractivity contribution < 1.29 is 19.1 Å². The third kappa shape index (κ3) is 2.85. The zero-order valence-corrected chi connectivity index (χ0v) is 15.1. The molecular weight excluding hydrogens is 325 g/mol. The Bertz CT molecular complexity index is 812. The number of likely N-dealkylation sites (N-methyl/N-ethyl adjacent to an activating group) is 1. The second-order valence-corrected chi connectivity index (χ2v) is 7.80. The number of nitrogens with zero attached hydrogens (tertiary/aromatic N) is 1. The van der Waals surface area contributed by atoms with Crippen LogP contribution in [-0.4, -0.2) is 34.6 Å². The van der Waals surface area contributed by atoms with Gasteiger partial charge in [0.2, 0.25) is 5.28 Å². The molecule has 0 aliphatic carbocycles. The molecule has 0 spiro atoms. The minimum absolute atomic E-state index is 0.303. The molecule has 0 aromatic heterocycles. The first-order valence-electron chi connectivity index (χ1n) is 7.53. The van der Waals surface area contributed by atoms with Crippen LogP contribution in [0.1, 0.15) is 27.0 Å². The molecule has 0 bridgehead atoms. The van der Waals surface area contributed by atoms with Crippen LogP contribution in [0, 0.1) is 13.8 Å². The Morgan fingerprint density at radius 3 is 1.92 bits per heavy atom. The van der Waals surface area contributed by atoms with Gasteiger partial charge in [0.25, 0.3) is 0 Å². The van der Waals surface area contributed by atoms with Gasteiger partial charge in [-0.15, -0.1) is 0 Å². The number of rotatable bonds is 5. The summed E-state index contributed by atoms with van der Waals surface area (Å²) >= 11 is 0. The second kappa shape index (κ2) is 6.61. The molecule has 1 unspecified atom stereocenters. The summed E-state index contributed by atoms with van der Waals surface area (Å²) in [4.78, 5) is 35.2. The number of aryl methyl sites for hydroxylation is 2. The molecule has 2 aromatic carbocycles. The summed E-state index contributed by atoms with van der Waals surface area (Å²) in [5.41, 5.74) is 1.95. The van der Waals surface area contributed by atoms with Gasteiger partial charge in [0, 0.05) is 5.56 Å². The van der Waals surface area contributed by atoms with Crippen molar-refractivity contribution in [1.29, 1.82) is 0 Å². The van der Waals surface area contributed by atoms with Crippen molar-refractivity contribution >= 4 is 13.4 Å². The number of carbonyl (C=O) groups is 1. The normalized spacial score (nSPS) is 14.5. The highest BCUT2D eigenvalue weighted by Crippen LogP contribution is 2.60. The Labute approximate surface area is 142 Å². The van der Waals surface area contributed by atoms with Gasteiger partial charge in [0.15, 0.2) is 5.78 Å². The maximum Gasteiger partial charge on any atom is 0.358 e. The Morgan fingerprint density at radius 2 is 1.46 bits per heavy atom. The van der Waals surface area contributed by atoms with Crippen molar-refractivity contribution in [2.24, 2.45) is 0 Å². The predicted molar refractivity (Wildman–Crippen MR) is 94.1 cm³/mol. The Kier molecular flexibility index (Phi) is 5.11. The fraction of sp³-hybridized carbons (Fsp3) is 0.278. The summed E-state index contributed by atoms with van der Waals surface area (Å²) < 4.78 is 12.6. The number of hydrogen-bond donors (Lipinski definition) is 2. The van der Waals surface area contributed by atoms with Gasteiger partial charge < -0.3 is 9.79 Å². The minimum Gasteiger partial charge on any atom is -0.323 e. The Balaban J connectivity index is 2.87. The van der Waals surface area contributed by atoms with E-state index in [1.54, 1.807) is 62.4 Å².